The topological polar surface area (TPSA) is 59.1 Å². The molecule has 0 radical (unpaired) electrons. The lowest BCUT2D eigenvalue weighted by Crippen LogP contribution is -2.34. The van der Waals surface area contributed by atoms with Crippen LogP contribution in [-0.4, -0.2) is 19.4 Å². The summed E-state index contributed by atoms with van der Waals surface area (Å²) in [5.74, 6) is 0.663. The largest absolute Gasteiger partial charge is 0.242 e. The summed E-state index contributed by atoms with van der Waals surface area (Å²) in [6, 6.07) is 1.32. The van der Waals surface area contributed by atoms with Crippen LogP contribution in [0.5, 0.6) is 0 Å². The van der Waals surface area contributed by atoms with Crippen LogP contribution < -0.4 is 4.72 Å². The monoisotopic (exact) mass is 336 g/mol. The number of pyridine rings is 1. The van der Waals surface area contributed by atoms with Gasteiger partial charge in [0.05, 0.1) is 5.02 Å². The molecule has 2 rings (SSSR count). The standard InChI is InChI=1S/C13H18Cl2N2O2S/c1-9-3-2-4-10(6-5-9)17-20(18,19)11-7-12(14)13(15)16-8-11/h7-10,17H,2-6H2,1H3. The summed E-state index contributed by atoms with van der Waals surface area (Å²) in [5.41, 5.74) is 0. The van der Waals surface area contributed by atoms with Crippen LogP contribution >= 0.6 is 23.2 Å². The van der Waals surface area contributed by atoms with E-state index < -0.39 is 10.0 Å². The summed E-state index contributed by atoms with van der Waals surface area (Å²) in [6.45, 7) is 2.21. The molecule has 2 atom stereocenters. The first-order valence-corrected chi connectivity index (χ1v) is 8.96. The molecule has 2 unspecified atom stereocenters. The maximum Gasteiger partial charge on any atom is 0.242 e. The zero-order valence-electron chi connectivity index (χ0n) is 11.3. The van der Waals surface area contributed by atoms with Crippen LogP contribution in [0.15, 0.2) is 17.2 Å². The molecule has 1 aromatic heterocycles. The van der Waals surface area contributed by atoms with Crippen molar-refractivity contribution < 1.29 is 8.42 Å². The number of aromatic nitrogens is 1. The molecule has 0 aliphatic heterocycles. The molecule has 1 aliphatic rings. The third kappa shape index (κ3) is 4.07. The minimum atomic E-state index is -3.59. The molecule has 0 spiro atoms. The second-order valence-electron chi connectivity index (χ2n) is 5.38. The summed E-state index contributed by atoms with van der Waals surface area (Å²) < 4.78 is 27.4. The first-order chi connectivity index (χ1) is 9.38. The minimum absolute atomic E-state index is 0.0144. The van der Waals surface area contributed by atoms with Crippen molar-refractivity contribution in [3.63, 3.8) is 0 Å². The van der Waals surface area contributed by atoms with Crippen LogP contribution in [0.1, 0.15) is 39.0 Å². The average molecular weight is 337 g/mol. The average Bonchev–Trinajstić information content (AvgIpc) is 2.57. The summed E-state index contributed by atoms with van der Waals surface area (Å²) >= 11 is 11.5. The smallest absolute Gasteiger partial charge is 0.242 e. The molecule has 112 valence electrons. The van der Waals surface area contributed by atoms with Crippen molar-refractivity contribution in [2.24, 2.45) is 5.92 Å². The van der Waals surface area contributed by atoms with Crippen LogP contribution in [0, 0.1) is 5.92 Å². The summed E-state index contributed by atoms with van der Waals surface area (Å²) in [6.07, 6.45) is 6.23. The number of rotatable bonds is 3. The fourth-order valence-corrected chi connectivity index (χ4v) is 4.05. The van der Waals surface area contributed by atoms with Gasteiger partial charge < -0.3 is 0 Å². The summed E-state index contributed by atoms with van der Waals surface area (Å²) in [4.78, 5) is 3.84. The second kappa shape index (κ2) is 6.60. The minimum Gasteiger partial charge on any atom is -0.242 e. The highest BCUT2D eigenvalue weighted by Gasteiger charge is 2.23. The molecule has 7 heteroatoms. The fourth-order valence-electron chi connectivity index (χ4n) is 2.44. The van der Waals surface area contributed by atoms with E-state index in [1.165, 1.54) is 12.3 Å². The van der Waals surface area contributed by atoms with E-state index in [4.69, 9.17) is 23.2 Å². The van der Waals surface area contributed by atoms with Gasteiger partial charge in [0, 0.05) is 12.2 Å². The van der Waals surface area contributed by atoms with E-state index in [0.29, 0.717) is 5.92 Å². The van der Waals surface area contributed by atoms with E-state index >= 15 is 0 Å². The molecule has 0 aromatic carbocycles. The Kier molecular flexibility index (Phi) is 5.29. The molecule has 1 aliphatic carbocycles. The Morgan fingerprint density at radius 3 is 2.70 bits per heavy atom. The van der Waals surface area contributed by atoms with Crippen molar-refractivity contribution >= 4 is 33.2 Å². The van der Waals surface area contributed by atoms with Crippen molar-refractivity contribution in [2.75, 3.05) is 0 Å². The van der Waals surface area contributed by atoms with Gasteiger partial charge in [0.1, 0.15) is 10.0 Å². The normalized spacial score (nSPS) is 24.4. The first-order valence-electron chi connectivity index (χ1n) is 6.72. The quantitative estimate of drug-likeness (QED) is 0.677. The third-order valence-corrected chi connectivity index (χ3v) is 5.83. The fraction of sp³-hybridized carbons (Fsp3) is 0.615. The highest BCUT2D eigenvalue weighted by atomic mass is 35.5. The number of sulfonamides is 1. The van der Waals surface area contributed by atoms with E-state index in [1.54, 1.807) is 0 Å². The molecule has 0 amide bonds. The van der Waals surface area contributed by atoms with Crippen LogP contribution in [0.2, 0.25) is 10.2 Å². The molecule has 1 saturated carbocycles. The highest BCUT2D eigenvalue weighted by molar-refractivity contribution is 7.89. The van der Waals surface area contributed by atoms with Gasteiger partial charge in [-0.2, -0.15) is 0 Å². The van der Waals surface area contributed by atoms with E-state index in [1.807, 2.05) is 0 Å². The van der Waals surface area contributed by atoms with Crippen LogP contribution in [0.3, 0.4) is 0 Å². The Morgan fingerprint density at radius 2 is 2.00 bits per heavy atom. The van der Waals surface area contributed by atoms with Gasteiger partial charge in [0.15, 0.2) is 0 Å². The molecule has 1 fully saturated rings. The number of nitrogens with one attached hydrogen (secondary N) is 1. The number of hydrogen-bond donors (Lipinski definition) is 1. The molecule has 1 aromatic rings. The first kappa shape index (κ1) is 16.0. The number of halogens is 2. The van der Waals surface area contributed by atoms with Crippen molar-refractivity contribution in [2.45, 2.75) is 50.0 Å². The predicted molar refractivity (Wildman–Crippen MR) is 80.6 cm³/mol. The van der Waals surface area contributed by atoms with Crippen LogP contribution in [0.25, 0.3) is 0 Å². The zero-order valence-corrected chi connectivity index (χ0v) is 13.6. The second-order valence-corrected chi connectivity index (χ2v) is 7.85. The van der Waals surface area contributed by atoms with Gasteiger partial charge in [-0.05, 0) is 31.2 Å². The van der Waals surface area contributed by atoms with E-state index in [0.717, 1.165) is 32.1 Å². The SMILES string of the molecule is CC1CCCC(NS(=O)(=O)c2cnc(Cl)c(Cl)c2)CC1. The van der Waals surface area contributed by atoms with Crippen LogP contribution in [-0.2, 0) is 10.0 Å². The highest BCUT2D eigenvalue weighted by Crippen LogP contribution is 2.25. The van der Waals surface area contributed by atoms with Gasteiger partial charge in [-0.15, -0.1) is 0 Å². The molecular weight excluding hydrogens is 319 g/mol. The third-order valence-electron chi connectivity index (χ3n) is 3.66. The number of nitrogens with zero attached hydrogens (tertiary/aromatic N) is 1. The Hall–Kier alpha value is -0.360. The van der Waals surface area contributed by atoms with E-state index in [2.05, 4.69) is 16.6 Å². The van der Waals surface area contributed by atoms with Gasteiger partial charge in [-0.1, -0.05) is 43.0 Å². The van der Waals surface area contributed by atoms with Crippen molar-refractivity contribution in [1.82, 2.24) is 9.71 Å². The zero-order chi connectivity index (χ0) is 14.8. The lowest BCUT2D eigenvalue weighted by atomic mass is 10.0. The van der Waals surface area contributed by atoms with Gasteiger partial charge >= 0.3 is 0 Å². The van der Waals surface area contributed by atoms with Crippen molar-refractivity contribution in [1.29, 1.82) is 0 Å². The predicted octanol–water partition coefficient (Wildman–Crippen LogP) is 3.64. The molecule has 0 saturated heterocycles. The van der Waals surface area contributed by atoms with Gasteiger partial charge in [0.2, 0.25) is 10.0 Å². The van der Waals surface area contributed by atoms with Gasteiger partial charge in [-0.25, -0.2) is 18.1 Å². The number of hydrogen-bond acceptors (Lipinski definition) is 3. The summed E-state index contributed by atoms with van der Waals surface area (Å²) in [7, 11) is -3.59. The van der Waals surface area contributed by atoms with Crippen molar-refractivity contribution in [3.8, 4) is 0 Å². The molecular formula is C13H18Cl2N2O2S. The maximum absolute atomic E-state index is 12.3. The Balaban J connectivity index is 2.12. The Labute approximate surface area is 129 Å². The Bertz CT molecular complexity index is 578. The van der Waals surface area contributed by atoms with Gasteiger partial charge in [0.25, 0.3) is 0 Å². The molecule has 1 N–H and O–H groups in total. The maximum atomic E-state index is 12.3. The molecule has 4 nitrogen and oxygen atoms in total. The van der Waals surface area contributed by atoms with Crippen molar-refractivity contribution in [3.05, 3.63) is 22.4 Å². The van der Waals surface area contributed by atoms with E-state index in [-0.39, 0.29) is 21.1 Å². The molecule has 0 bridgehead atoms. The molecule has 1 heterocycles. The lowest BCUT2D eigenvalue weighted by Gasteiger charge is -2.16. The lowest BCUT2D eigenvalue weighted by molar-refractivity contribution is 0.484. The van der Waals surface area contributed by atoms with E-state index in [9.17, 15) is 8.42 Å². The van der Waals surface area contributed by atoms with Gasteiger partial charge in [-0.3, -0.25) is 0 Å². The summed E-state index contributed by atoms with van der Waals surface area (Å²) in [5, 5.41) is 0.248. The van der Waals surface area contributed by atoms with Crippen LogP contribution in [0.4, 0.5) is 0 Å². The Morgan fingerprint density at radius 1 is 1.25 bits per heavy atom. The molecule has 20 heavy (non-hydrogen) atoms.